The first-order chi connectivity index (χ1) is 9.88. The van der Waals surface area contributed by atoms with E-state index in [-0.39, 0.29) is 11.3 Å². The lowest BCUT2D eigenvalue weighted by Gasteiger charge is -2.08. The summed E-state index contributed by atoms with van der Waals surface area (Å²) < 4.78 is 32.2. The van der Waals surface area contributed by atoms with Gasteiger partial charge in [-0.2, -0.15) is 0 Å². The van der Waals surface area contributed by atoms with Gasteiger partial charge in [0.2, 0.25) is 5.91 Å². The second kappa shape index (κ2) is 5.53. The maximum absolute atomic E-state index is 13.6. The summed E-state index contributed by atoms with van der Waals surface area (Å²) in [7, 11) is 0. The number of carbonyl (C=O) groups excluding carboxylic acids is 1. The largest absolute Gasteiger partial charge is 0.451 e. The van der Waals surface area contributed by atoms with Crippen molar-refractivity contribution in [1.82, 2.24) is 0 Å². The lowest BCUT2D eigenvalue weighted by molar-refractivity contribution is -0.385. The average Bonchev–Trinajstić information content (AvgIpc) is 2.43. The third kappa shape index (κ3) is 3.11. The molecule has 0 aliphatic rings. The van der Waals surface area contributed by atoms with Crippen LogP contribution in [-0.4, -0.2) is 10.8 Å². The fourth-order valence-electron chi connectivity index (χ4n) is 1.55. The van der Waals surface area contributed by atoms with E-state index in [2.05, 4.69) is 0 Å². The molecule has 108 valence electrons. The van der Waals surface area contributed by atoms with Crippen molar-refractivity contribution in [2.75, 3.05) is 0 Å². The van der Waals surface area contributed by atoms with E-state index in [4.69, 9.17) is 10.5 Å². The molecular formula is C13H8F2N2O4. The molecule has 8 heteroatoms. The molecule has 0 unspecified atom stereocenters. The van der Waals surface area contributed by atoms with Crippen molar-refractivity contribution in [3.05, 3.63) is 63.7 Å². The van der Waals surface area contributed by atoms with Crippen LogP contribution in [0.1, 0.15) is 10.4 Å². The number of nitro benzene ring substituents is 1. The van der Waals surface area contributed by atoms with Crippen LogP contribution < -0.4 is 10.5 Å². The van der Waals surface area contributed by atoms with Crippen LogP contribution in [0.25, 0.3) is 0 Å². The molecule has 2 aromatic carbocycles. The van der Waals surface area contributed by atoms with Crippen molar-refractivity contribution in [2.24, 2.45) is 5.73 Å². The molecule has 0 aromatic heterocycles. The van der Waals surface area contributed by atoms with Gasteiger partial charge in [-0.3, -0.25) is 14.9 Å². The Morgan fingerprint density at radius 2 is 1.67 bits per heavy atom. The maximum Gasteiger partial charge on any atom is 0.275 e. The molecule has 2 aromatic rings. The van der Waals surface area contributed by atoms with Crippen molar-refractivity contribution >= 4 is 11.6 Å². The van der Waals surface area contributed by atoms with Gasteiger partial charge in [0, 0.05) is 5.56 Å². The molecular weight excluding hydrogens is 286 g/mol. The highest BCUT2D eigenvalue weighted by atomic mass is 19.1. The van der Waals surface area contributed by atoms with Crippen molar-refractivity contribution in [2.45, 2.75) is 0 Å². The number of nitro groups is 1. The predicted octanol–water partition coefficient (Wildman–Crippen LogP) is 2.76. The van der Waals surface area contributed by atoms with E-state index < -0.39 is 33.9 Å². The van der Waals surface area contributed by atoms with E-state index in [1.54, 1.807) is 0 Å². The summed E-state index contributed by atoms with van der Waals surface area (Å²) in [6.07, 6.45) is 0. The molecule has 0 heterocycles. The normalized spacial score (nSPS) is 10.2. The van der Waals surface area contributed by atoms with E-state index in [0.29, 0.717) is 12.1 Å². The number of carbonyl (C=O) groups is 1. The van der Waals surface area contributed by atoms with Gasteiger partial charge in [-0.05, 0) is 24.3 Å². The summed E-state index contributed by atoms with van der Waals surface area (Å²) >= 11 is 0. The Kier molecular flexibility index (Phi) is 3.79. The molecule has 0 spiro atoms. The first kappa shape index (κ1) is 14.4. The number of benzene rings is 2. The zero-order valence-corrected chi connectivity index (χ0v) is 10.4. The third-order valence-electron chi connectivity index (χ3n) is 2.55. The molecule has 0 radical (unpaired) electrons. The standard InChI is InChI=1S/C13H8F2N2O4/c14-10-5-8(17(19)20)6-11(15)12(10)21-9-3-1-7(2-4-9)13(16)18/h1-6H,(H2,16,18). The van der Waals surface area contributed by atoms with Crippen LogP contribution in [0.2, 0.25) is 0 Å². The molecule has 2 N–H and O–H groups in total. The van der Waals surface area contributed by atoms with Gasteiger partial charge in [-0.15, -0.1) is 0 Å². The van der Waals surface area contributed by atoms with Crippen molar-refractivity contribution in [3.8, 4) is 11.5 Å². The zero-order chi connectivity index (χ0) is 15.6. The molecule has 6 nitrogen and oxygen atoms in total. The summed E-state index contributed by atoms with van der Waals surface area (Å²) in [6.45, 7) is 0. The Hall–Kier alpha value is -3.03. The Morgan fingerprint density at radius 3 is 2.10 bits per heavy atom. The Labute approximate surface area is 116 Å². The minimum atomic E-state index is -1.21. The van der Waals surface area contributed by atoms with Crippen LogP contribution in [0.3, 0.4) is 0 Å². The van der Waals surface area contributed by atoms with Gasteiger partial charge in [-0.1, -0.05) is 0 Å². The summed E-state index contributed by atoms with van der Waals surface area (Å²) in [5.74, 6) is -3.80. The van der Waals surface area contributed by atoms with Crippen LogP contribution in [-0.2, 0) is 0 Å². The van der Waals surface area contributed by atoms with Gasteiger partial charge in [0.05, 0.1) is 17.1 Å². The average molecular weight is 294 g/mol. The number of rotatable bonds is 4. The smallest absolute Gasteiger partial charge is 0.275 e. The number of nitrogens with two attached hydrogens (primary N) is 1. The number of hydrogen-bond donors (Lipinski definition) is 1. The minimum Gasteiger partial charge on any atom is -0.451 e. The lowest BCUT2D eigenvalue weighted by atomic mass is 10.2. The van der Waals surface area contributed by atoms with E-state index in [1.165, 1.54) is 24.3 Å². The molecule has 0 saturated heterocycles. The van der Waals surface area contributed by atoms with Crippen molar-refractivity contribution < 1.29 is 23.2 Å². The molecule has 0 fully saturated rings. The van der Waals surface area contributed by atoms with Crippen LogP contribution >= 0.6 is 0 Å². The SMILES string of the molecule is NC(=O)c1ccc(Oc2c(F)cc([N+](=O)[O-])cc2F)cc1. The predicted molar refractivity (Wildman–Crippen MR) is 68.0 cm³/mol. The van der Waals surface area contributed by atoms with Crippen molar-refractivity contribution in [3.63, 3.8) is 0 Å². The second-order valence-electron chi connectivity index (χ2n) is 3.99. The first-order valence-electron chi connectivity index (χ1n) is 5.59. The van der Waals surface area contributed by atoms with Crippen LogP contribution in [0.5, 0.6) is 11.5 Å². The molecule has 0 bridgehead atoms. The van der Waals surface area contributed by atoms with Gasteiger partial charge in [0.1, 0.15) is 5.75 Å². The number of primary amides is 1. The maximum atomic E-state index is 13.6. The topological polar surface area (TPSA) is 95.5 Å². The molecule has 0 saturated carbocycles. The van der Waals surface area contributed by atoms with Crippen LogP contribution in [0.4, 0.5) is 14.5 Å². The van der Waals surface area contributed by atoms with Gasteiger partial charge >= 0.3 is 0 Å². The highest BCUT2D eigenvalue weighted by molar-refractivity contribution is 5.92. The van der Waals surface area contributed by atoms with Gasteiger partial charge in [0.15, 0.2) is 17.4 Å². The van der Waals surface area contributed by atoms with Crippen LogP contribution in [0.15, 0.2) is 36.4 Å². The Morgan fingerprint density at radius 1 is 1.14 bits per heavy atom. The number of amides is 1. The fourth-order valence-corrected chi connectivity index (χ4v) is 1.55. The highest BCUT2D eigenvalue weighted by Crippen LogP contribution is 2.30. The minimum absolute atomic E-state index is 0.0478. The fraction of sp³-hybridized carbons (Fsp3) is 0. The number of ether oxygens (including phenoxy) is 1. The molecule has 21 heavy (non-hydrogen) atoms. The third-order valence-corrected chi connectivity index (χ3v) is 2.55. The van der Waals surface area contributed by atoms with E-state index in [0.717, 1.165) is 0 Å². The monoisotopic (exact) mass is 294 g/mol. The summed E-state index contributed by atoms with van der Waals surface area (Å²) in [4.78, 5) is 20.4. The molecule has 0 aliphatic carbocycles. The first-order valence-corrected chi connectivity index (χ1v) is 5.59. The van der Waals surface area contributed by atoms with Crippen molar-refractivity contribution in [1.29, 1.82) is 0 Å². The second-order valence-corrected chi connectivity index (χ2v) is 3.99. The summed E-state index contributed by atoms with van der Waals surface area (Å²) in [5, 5.41) is 10.5. The molecule has 2 rings (SSSR count). The molecule has 0 atom stereocenters. The van der Waals surface area contributed by atoms with Gasteiger partial charge in [0.25, 0.3) is 5.69 Å². The van der Waals surface area contributed by atoms with Gasteiger partial charge < -0.3 is 10.5 Å². The van der Waals surface area contributed by atoms with Crippen LogP contribution in [0, 0.1) is 21.7 Å². The van der Waals surface area contributed by atoms with E-state index in [1.807, 2.05) is 0 Å². The van der Waals surface area contributed by atoms with E-state index >= 15 is 0 Å². The Balaban J connectivity index is 2.31. The molecule has 1 amide bonds. The van der Waals surface area contributed by atoms with E-state index in [9.17, 15) is 23.7 Å². The number of nitrogens with zero attached hydrogens (tertiary/aromatic N) is 1. The number of halogens is 2. The van der Waals surface area contributed by atoms with Gasteiger partial charge in [-0.25, -0.2) is 8.78 Å². The Bertz CT molecular complexity index is 694. The summed E-state index contributed by atoms with van der Waals surface area (Å²) in [6, 6.07) is 6.32. The zero-order valence-electron chi connectivity index (χ0n) is 10.4. The summed E-state index contributed by atoms with van der Waals surface area (Å²) in [5.41, 5.74) is 4.53. The quantitative estimate of drug-likeness (QED) is 0.692. The lowest BCUT2D eigenvalue weighted by Crippen LogP contribution is -2.10. The molecule has 0 aliphatic heterocycles. The number of non-ortho nitro benzene ring substituents is 1. The number of hydrogen-bond acceptors (Lipinski definition) is 4. The highest BCUT2D eigenvalue weighted by Gasteiger charge is 2.19.